The van der Waals surface area contributed by atoms with Crippen LogP contribution in [0.3, 0.4) is 0 Å². The van der Waals surface area contributed by atoms with Gasteiger partial charge in [0.1, 0.15) is 5.75 Å². The highest BCUT2D eigenvalue weighted by Gasteiger charge is 2.28. The molecule has 0 radical (unpaired) electrons. The van der Waals surface area contributed by atoms with Crippen LogP contribution in [0.1, 0.15) is 40.4 Å². The molecular formula is C23H28N2O4. The number of methoxy groups -OCH3 is 1. The summed E-state index contributed by atoms with van der Waals surface area (Å²) in [5.41, 5.74) is 2.88. The second-order valence-corrected chi connectivity index (χ2v) is 7.39. The van der Waals surface area contributed by atoms with Crippen LogP contribution >= 0.6 is 0 Å². The lowest BCUT2D eigenvalue weighted by Gasteiger charge is -2.39. The van der Waals surface area contributed by atoms with Gasteiger partial charge in [0.2, 0.25) is 0 Å². The van der Waals surface area contributed by atoms with Crippen molar-refractivity contribution in [2.45, 2.75) is 25.8 Å². The number of hydrogen-bond donors (Lipinski definition) is 1. The molecule has 0 saturated carbocycles. The number of nitrogens with zero attached hydrogens (tertiary/aromatic N) is 2. The Balaban J connectivity index is 1.69. The van der Waals surface area contributed by atoms with Crippen LogP contribution in [-0.4, -0.2) is 60.1 Å². The molecule has 2 aromatic carbocycles. The molecule has 0 aliphatic carbocycles. The molecular weight excluding hydrogens is 368 g/mol. The zero-order valence-electron chi connectivity index (χ0n) is 17.0. The van der Waals surface area contributed by atoms with Gasteiger partial charge in [-0.05, 0) is 31.0 Å². The Labute approximate surface area is 171 Å². The lowest BCUT2D eigenvalue weighted by Crippen LogP contribution is -2.49. The van der Waals surface area contributed by atoms with Gasteiger partial charge in [-0.25, -0.2) is 0 Å². The molecule has 2 aromatic rings. The highest BCUT2D eigenvalue weighted by molar-refractivity contribution is 5.97. The lowest BCUT2D eigenvalue weighted by molar-refractivity contribution is -0.137. The monoisotopic (exact) mass is 396 g/mol. The molecule has 1 fully saturated rings. The second-order valence-electron chi connectivity index (χ2n) is 7.39. The summed E-state index contributed by atoms with van der Waals surface area (Å²) in [6.07, 6.45) is 0.678. The van der Waals surface area contributed by atoms with Gasteiger partial charge < -0.3 is 14.7 Å². The van der Waals surface area contributed by atoms with E-state index < -0.39 is 5.97 Å². The Morgan fingerprint density at radius 2 is 1.69 bits per heavy atom. The number of ether oxygens (including phenoxy) is 1. The number of carbonyl (C=O) groups excluding carboxylic acids is 1. The average Bonchev–Trinajstić information content (AvgIpc) is 2.75. The van der Waals surface area contributed by atoms with Crippen LogP contribution in [0.15, 0.2) is 48.5 Å². The maximum atomic E-state index is 12.9. The largest absolute Gasteiger partial charge is 0.496 e. The summed E-state index contributed by atoms with van der Waals surface area (Å²) >= 11 is 0. The summed E-state index contributed by atoms with van der Waals surface area (Å²) in [6, 6.07) is 15.6. The fourth-order valence-corrected chi connectivity index (χ4v) is 3.84. The van der Waals surface area contributed by atoms with E-state index in [9.17, 15) is 9.59 Å². The van der Waals surface area contributed by atoms with Gasteiger partial charge in [-0.2, -0.15) is 0 Å². The first kappa shape index (κ1) is 20.9. The van der Waals surface area contributed by atoms with Crippen molar-refractivity contribution in [1.82, 2.24) is 9.80 Å². The molecule has 0 aromatic heterocycles. The SMILES string of the molecule is COc1ccccc1C(=O)N1CCN([C@@H](CCC(=O)O)c2ccc(C)cc2)CC1. The van der Waals surface area contributed by atoms with E-state index in [1.54, 1.807) is 19.2 Å². The number of carbonyl (C=O) groups is 2. The van der Waals surface area contributed by atoms with Crippen molar-refractivity contribution in [3.8, 4) is 5.75 Å². The van der Waals surface area contributed by atoms with Crippen molar-refractivity contribution in [3.63, 3.8) is 0 Å². The molecule has 29 heavy (non-hydrogen) atoms. The first-order valence-corrected chi connectivity index (χ1v) is 9.94. The van der Waals surface area contributed by atoms with Crippen molar-refractivity contribution in [1.29, 1.82) is 0 Å². The summed E-state index contributed by atoms with van der Waals surface area (Å²) in [5.74, 6) is -0.231. The number of rotatable bonds is 7. The molecule has 0 spiro atoms. The van der Waals surface area contributed by atoms with Crippen LogP contribution < -0.4 is 4.74 Å². The Morgan fingerprint density at radius 1 is 1.03 bits per heavy atom. The third-order valence-corrected chi connectivity index (χ3v) is 5.47. The predicted molar refractivity (Wildman–Crippen MR) is 111 cm³/mol. The molecule has 1 amide bonds. The van der Waals surface area contributed by atoms with Gasteiger partial charge in [-0.3, -0.25) is 14.5 Å². The molecule has 1 aliphatic heterocycles. The number of aliphatic carboxylic acids is 1. The number of carboxylic acid groups (broad SMARTS) is 1. The molecule has 1 heterocycles. The molecule has 1 atom stereocenters. The van der Waals surface area contributed by atoms with E-state index >= 15 is 0 Å². The van der Waals surface area contributed by atoms with Crippen molar-refractivity contribution >= 4 is 11.9 Å². The summed E-state index contributed by atoms with van der Waals surface area (Å²) in [6.45, 7) is 4.66. The minimum absolute atomic E-state index is 0.0282. The second kappa shape index (κ2) is 9.56. The minimum atomic E-state index is -0.785. The number of para-hydroxylation sites is 1. The number of piperazine rings is 1. The number of carboxylic acids is 1. The summed E-state index contributed by atoms with van der Waals surface area (Å²) < 4.78 is 5.32. The molecule has 0 bridgehead atoms. The summed E-state index contributed by atoms with van der Waals surface area (Å²) in [7, 11) is 1.57. The highest BCUT2D eigenvalue weighted by atomic mass is 16.5. The van der Waals surface area contributed by atoms with E-state index in [-0.39, 0.29) is 18.4 Å². The summed E-state index contributed by atoms with van der Waals surface area (Å²) in [5, 5.41) is 9.16. The zero-order chi connectivity index (χ0) is 20.8. The van der Waals surface area contributed by atoms with Crippen LogP contribution in [0, 0.1) is 6.92 Å². The van der Waals surface area contributed by atoms with Crippen LogP contribution in [0.2, 0.25) is 0 Å². The van der Waals surface area contributed by atoms with E-state index in [0.29, 0.717) is 43.9 Å². The van der Waals surface area contributed by atoms with E-state index in [4.69, 9.17) is 9.84 Å². The fourth-order valence-electron chi connectivity index (χ4n) is 3.84. The maximum absolute atomic E-state index is 12.9. The van der Waals surface area contributed by atoms with Gasteiger partial charge in [0, 0.05) is 38.6 Å². The van der Waals surface area contributed by atoms with Crippen molar-refractivity contribution < 1.29 is 19.4 Å². The number of amides is 1. The lowest BCUT2D eigenvalue weighted by atomic mass is 9.98. The zero-order valence-corrected chi connectivity index (χ0v) is 17.0. The molecule has 1 N–H and O–H groups in total. The normalized spacial score (nSPS) is 15.7. The third kappa shape index (κ3) is 5.15. The molecule has 154 valence electrons. The summed E-state index contributed by atoms with van der Waals surface area (Å²) in [4.78, 5) is 28.2. The number of benzene rings is 2. The van der Waals surface area contributed by atoms with E-state index in [2.05, 4.69) is 29.2 Å². The van der Waals surface area contributed by atoms with Gasteiger partial charge in [-0.15, -0.1) is 0 Å². The average molecular weight is 396 g/mol. The quantitative estimate of drug-likeness (QED) is 0.777. The van der Waals surface area contributed by atoms with E-state index in [1.165, 1.54) is 5.56 Å². The van der Waals surface area contributed by atoms with Crippen LogP contribution in [0.4, 0.5) is 0 Å². The van der Waals surface area contributed by atoms with Gasteiger partial charge in [0.15, 0.2) is 0 Å². The molecule has 6 heteroatoms. The Bertz CT molecular complexity index is 842. The highest BCUT2D eigenvalue weighted by Crippen LogP contribution is 2.28. The van der Waals surface area contributed by atoms with Crippen LogP contribution in [-0.2, 0) is 4.79 Å². The number of hydrogen-bond acceptors (Lipinski definition) is 4. The first-order valence-electron chi connectivity index (χ1n) is 9.94. The van der Waals surface area contributed by atoms with Gasteiger partial charge in [0.05, 0.1) is 12.7 Å². The maximum Gasteiger partial charge on any atom is 0.303 e. The topological polar surface area (TPSA) is 70.1 Å². The molecule has 1 aliphatic rings. The van der Waals surface area contributed by atoms with Crippen molar-refractivity contribution in [2.75, 3.05) is 33.3 Å². The van der Waals surface area contributed by atoms with E-state index in [1.807, 2.05) is 24.0 Å². The smallest absolute Gasteiger partial charge is 0.303 e. The van der Waals surface area contributed by atoms with E-state index in [0.717, 1.165) is 5.56 Å². The molecule has 3 rings (SSSR count). The van der Waals surface area contributed by atoms with Gasteiger partial charge in [0.25, 0.3) is 5.91 Å². The standard InChI is InChI=1S/C23H28N2O4/c1-17-7-9-18(10-8-17)20(11-12-22(26)27)24-13-15-25(16-14-24)23(28)19-5-3-4-6-21(19)29-2/h3-10,20H,11-16H2,1-2H3,(H,26,27)/t20-/m0/s1. The minimum Gasteiger partial charge on any atom is -0.496 e. The third-order valence-electron chi connectivity index (χ3n) is 5.47. The molecule has 6 nitrogen and oxygen atoms in total. The van der Waals surface area contributed by atoms with Crippen LogP contribution in [0.5, 0.6) is 5.75 Å². The number of aryl methyl sites for hydroxylation is 1. The Morgan fingerprint density at radius 3 is 2.31 bits per heavy atom. The fraction of sp³-hybridized carbons (Fsp3) is 0.391. The Kier molecular flexibility index (Phi) is 6.88. The van der Waals surface area contributed by atoms with Crippen molar-refractivity contribution in [2.24, 2.45) is 0 Å². The van der Waals surface area contributed by atoms with Crippen LogP contribution in [0.25, 0.3) is 0 Å². The van der Waals surface area contributed by atoms with Gasteiger partial charge >= 0.3 is 5.97 Å². The van der Waals surface area contributed by atoms with Gasteiger partial charge in [-0.1, -0.05) is 42.0 Å². The first-order chi connectivity index (χ1) is 14.0. The Hall–Kier alpha value is -2.86. The molecule has 0 unspecified atom stereocenters. The van der Waals surface area contributed by atoms with Crippen molar-refractivity contribution in [3.05, 3.63) is 65.2 Å². The molecule has 1 saturated heterocycles. The predicted octanol–water partition coefficient (Wildman–Crippen LogP) is 3.37.